The smallest absolute Gasteiger partial charge is 0.347 e. The zero-order chi connectivity index (χ0) is 19.9. The number of alkyl halides is 3. The van der Waals surface area contributed by atoms with Gasteiger partial charge in [-0.1, -0.05) is 6.92 Å². The van der Waals surface area contributed by atoms with Gasteiger partial charge in [0, 0.05) is 12.1 Å². The van der Waals surface area contributed by atoms with Crippen molar-refractivity contribution in [3.05, 3.63) is 35.5 Å². The fourth-order valence-corrected chi connectivity index (χ4v) is 5.21. The lowest BCUT2D eigenvalue weighted by Crippen LogP contribution is -2.66. The third kappa shape index (κ3) is 2.48. The van der Waals surface area contributed by atoms with Crippen LogP contribution < -0.4 is 5.32 Å². The van der Waals surface area contributed by atoms with Crippen LogP contribution in [0.2, 0.25) is 0 Å². The molecule has 5 nitrogen and oxygen atoms in total. The highest BCUT2D eigenvalue weighted by Gasteiger charge is 2.68. The largest absolute Gasteiger partial charge is 0.433 e. The molecule has 1 aliphatic heterocycles. The van der Waals surface area contributed by atoms with Gasteiger partial charge in [-0.3, -0.25) is 9.48 Å². The third-order valence-electron chi connectivity index (χ3n) is 6.30. The number of hydrogen-bond acceptors (Lipinski definition) is 3. The van der Waals surface area contributed by atoms with Crippen LogP contribution in [0.3, 0.4) is 0 Å². The summed E-state index contributed by atoms with van der Waals surface area (Å²) in [5, 5.41) is 7.31. The van der Waals surface area contributed by atoms with Gasteiger partial charge in [0.1, 0.15) is 5.69 Å². The van der Waals surface area contributed by atoms with E-state index in [0.717, 1.165) is 19.3 Å². The molecule has 1 atom stereocenters. The van der Waals surface area contributed by atoms with Crippen molar-refractivity contribution < 1.29 is 22.4 Å². The Labute approximate surface area is 158 Å². The maximum atomic E-state index is 14.1. The van der Waals surface area contributed by atoms with Gasteiger partial charge in [0.2, 0.25) is 5.91 Å². The Morgan fingerprint density at radius 3 is 2.64 bits per heavy atom. The van der Waals surface area contributed by atoms with Crippen LogP contribution in [-0.2, 0) is 17.5 Å². The number of rotatable bonds is 3. The number of pyridine rings is 1. The molecule has 148 valence electrons. The monoisotopic (exact) mass is 394 g/mol. The van der Waals surface area contributed by atoms with Gasteiger partial charge in [-0.2, -0.15) is 18.3 Å². The fraction of sp³-hybridized carbons (Fsp3) is 0.526. The fourth-order valence-electron chi connectivity index (χ4n) is 5.21. The topological polar surface area (TPSA) is 59.8 Å². The van der Waals surface area contributed by atoms with E-state index in [-0.39, 0.29) is 28.6 Å². The van der Waals surface area contributed by atoms with Gasteiger partial charge in [0.05, 0.1) is 29.0 Å². The first-order valence-corrected chi connectivity index (χ1v) is 9.21. The molecule has 9 heteroatoms. The number of carbonyl (C=O) groups is 1. The number of halogens is 4. The summed E-state index contributed by atoms with van der Waals surface area (Å²) in [4.78, 5) is 15.8. The third-order valence-corrected chi connectivity index (χ3v) is 6.30. The molecule has 3 aliphatic carbocycles. The number of aryl methyl sites for hydroxylation is 1. The number of nitrogens with zero attached hydrogens (tertiary/aromatic N) is 3. The highest BCUT2D eigenvalue weighted by molar-refractivity contribution is 5.86. The lowest BCUT2D eigenvalue weighted by atomic mass is 9.35. The van der Waals surface area contributed by atoms with Gasteiger partial charge in [0.15, 0.2) is 5.82 Å². The summed E-state index contributed by atoms with van der Waals surface area (Å²) in [6.07, 6.45) is -0.719. The van der Waals surface area contributed by atoms with Gasteiger partial charge in [-0.15, -0.1) is 0 Å². The summed E-state index contributed by atoms with van der Waals surface area (Å²) >= 11 is 0. The Hall–Kier alpha value is -2.45. The van der Waals surface area contributed by atoms with E-state index in [1.807, 2.05) is 0 Å². The van der Waals surface area contributed by atoms with Crippen molar-refractivity contribution in [2.75, 3.05) is 0 Å². The zero-order valence-electron chi connectivity index (χ0n) is 15.1. The molecule has 3 fully saturated rings. The number of nitrogens with one attached hydrogen (secondary N) is 1. The maximum absolute atomic E-state index is 14.1. The molecule has 6 rings (SSSR count). The van der Waals surface area contributed by atoms with Gasteiger partial charge >= 0.3 is 6.18 Å². The van der Waals surface area contributed by atoms with Gasteiger partial charge in [-0.25, -0.2) is 9.37 Å². The first kappa shape index (κ1) is 17.6. The molecule has 2 aromatic heterocycles. The van der Waals surface area contributed by atoms with Crippen LogP contribution in [0.5, 0.6) is 0 Å². The lowest BCUT2D eigenvalue weighted by molar-refractivity contribution is -0.200. The SMILES string of the molecule is CC12CC(C(=O)N[C@@H]3CCn4nc(-c5cc(C(F)(F)F)ncc5F)cc43)(C1)C2. The Balaban J connectivity index is 1.39. The van der Waals surface area contributed by atoms with E-state index in [2.05, 4.69) is 22.3 Å². The highest BCUT2D eigenvalue weighted by atomic mass is 19.4. The molecule has 0 aromatic carbocycles. The second-order valence-corrected chi connectivity index (χ2v) is 8.66. The van der Waals surface area contributed by atoms with Crippen molar-refractivity contribution in [1.82, 2.24) is 20.1 Å². The molecule has 3 saturated carbocycles. The molecule has 2 aromatic rings. The van der Waals surface area contributed by atoms with Crippen LogP contribution >= 0.6 is 0 Å². The number of carbonyl (C=O) groups excluding carboxylic acids is 1. The van der Waals surface area contributed by atoms with Crippen LogP contribution in [0, 0.1) is 16.6 Å². The van der Waals surface area contributed by atoms with Crippen LogP contribution in [0.1, 0.15) is 50.0 Å². The molecule has 0 unspecified atom stereocenters. The Kier molecular flexibility index (Phi) is 3.36. The van der Waals surface area contributed by atoms with E-state index in [1.165, 1.54) is 0 Å². The zero-order valence-corrected chi connectivity index (χ0v) is 15.1. The summed E-state index contributed by atoms with van der Waals surface area (Å²) in [7, 11) is 0. The van der Waals surface area contributed by atoms with Crippen LogP contribution in [0.15, 0.2) is 18.3 Å². The summed E-state index contributed by atoms with van der Waals surface area (Å²) in [5.41, 5.74) is -0.551. The van der Waals surface area contributed by atoms with Gasteiger partial charge in [0.25, 0.3) is 0 Å². The first-order chi connectivity index (χ1) is 13.1. The van der Waals surface area contributed by atoms with Crippen LogP contribution in [-0.4, -0.2) is 20.7 Å². The van der Waals surface area contributed by atoms with Crippen molar-refractivity contribution in [2.24, 2.45) is 10.8 Å². The number of fused-ring (bicyclic) bond motifs is 1. The lowest BCUT2D eigenvalue weighted by Gasteiger charge is -2.68. The van der Waals surface area contributed by atoms with E-state index in [9.17, 15) is 22.4 Å². The molecule has 0 radical (unpaired) electrons. The summed E-state index contributed by atoms with van der Waals surface area (Å²) in [5.74, 6) is -0.834. The predicted molar refractivity (Wildman–Crippen MR) is 90.3 cm³/mol. The van der Waals surface area contributed by atoms with Crippen LogP contribution in [0.4, 0.5) is 17.6 Å². The second kappa shape index (κ2) is 5.33. The van der Waals surface area contributed by atoms with Crippen molar-refractivity contribution in [1.29, 1.82) is 0 Å². The Morgan fingerprint density at radius 1 is 1.29 bits per heavy atom. The molecule has 1 N–H and O–H groups in total. The number of aromatic nitrogens is 3. The van der Waals surface area contributed by atoms with Gasteiger partial charge < -0.3 is 5.32 Å². The quantitative estimate of drug-likeness (QED) is 0.805. The molecule has 0 spiro atoms. The normalized spacial score (nSPS) is 30.4. The Bertz CT molecular complexity index is 977. The number of hydrogen-bond donors (Lipinski definition) is 1. The van der Waals surface area contributed by atoms with Crippen molar-refractivity contribution in [3.8, 4) is 11.3 Å². The minimum atomic E-state index is -4.67. The van der Waals surface area contributed by atoms with E-state index >= 15 is 0 Å². The number of amides is 1. The molecule has 3 heterocycles. The van der Waals surface area contributed by atoms with E-state index in [1.54, 1.807) is 10.7 Å². The van der Waals surface area contributed by atoms with Crippen molar-refractivity contribution in [3.63, 3.8) is 0 Å². The van der Waals surface area contributed by atoms with E-state index < -0.39 is 17.7 Å². The standard InChI is InChI=1S/C19H18F4N4O/c1-17-7-18(8-17,9-17)16(28)25-12-2-3-27-14(12)5-13(26-27)10-4-15(19(21,22)23)24-6-11(10)20/h4-6,12H,2-3,7-9H2,1H3,(H,25,28)/t12-,17?,18?/m1/s1. The Morgan fingerprint density at radius 2 is 2.00 bits per heavy atom. The van der Waals surface area contributed by atoms with E-state index in [4.69, 9.17) is 0 Å². The average molecular weight is 394 g/mol. The summed E-state index contributed by atoms with van der Waals surface area (Å²) in [6.45, 7) is 2.70. The van der Waals surface area contributed by atoms with Crippen molar-refractivity contribution >= 4 is 5.91 Å². The van der Waals surface area contributed by atoms with E-state index in [0.29, 0.717) is 36.3 Å². The average Bonchev–Trinajstić information content (AvgIpc) is 3.12. The summed E-state index contributed by atoms with van der Waals surface area (Å²) < 4.78 is 54.5. The van der Waals surface area contributed by atoms with Crippen LogP contribution in [0.25, 0.3) is 11.3 Å². The molecule has 0 saturated heterocycles. The highest BCUT2D eigenvalue weighted by Crippen LogP contribution is 2.73. The van der Waals surface area contributed by atoms with Gasteiger partial charge in [-0.05, 0) is 43.2 Å². The van der Waals surface area contributed by atoms with Crippen molar-refractivity contribution in [2.45, 2.75) is 51.4 Å². The molecule has 1 amide bonds. The molecular weight excluding hydrogens is 376 g/mol. The molecular formula is C19H18F4N4O. The molecule has 4 aliphatic rings. The minimum absolute atomic E-state index is 0.0341. The summed E-state index contributed by atoms with van der Waals surface area (Å²) in [6, 6.07) is 1.96. The minimum Gasteiger partial charge on any atom is -0.347 e. The second-order valence-electron chi connectivity index (χ2n) is 8.66. The predicted octanol–water partition coefficient (Wildman–Crippen LogP) is 3.85. The first-order valence-electron chi connectivity index (χ1n) is 9.21. The maximum Gasteiger partial charge on any atom is 0.433 e. The molecule has 2 bridgehead atoms. The molecule has 28 heavy (non-hydrogen) atoms.